The third kappa shape index (κ3) is 2.95. The molecule has 3 nitrogen and oxygen atoms in total. The van der Waals surface area contributed by atoms with Crippen LogP contribution in [0.15, 0.2) is 17.3 Å². The molecule has 1 heterocycles. The fourth-order valence-electron chi connectivity index (χ4n) is 1.03. The summed E-state index contributed by atoms with van der Waals surface area (Å²) in [4.78, 5) is 4.16. The Hall–Kier alpha value is -1.05. The highest BCUT2D eigenvalue weighted by atomic mass is 32.2. The quantitative estimate of drug-likeness (QED) is 0.796. The highest BCUT2D eigenvalue weighted by Crippen LogP contribution is 2.27. The van der Waals surface area contributed by atoms with E-state index in [2.05, 4.69) is 11.1 Å². The summed E-state index contributed by atoms with van der Waals surface area (Å²) in [7, 11) is 0. The second-order valence-electron chi connectivity index (χ2n) is 3.48. The summed E-state index contributed by atoms with van der Waals surface area (Å²) in [6.07, 6.45) is 1.27. The minimum absolute atomic E-state index is 0.0337. The molecule has 0 fully saturated rings. The van der Waals surface area contributed by atoms with E-state index in [4.69, 9.17) is 5.26 Å². The van der Waals surface area contributed by atoms with E-state index in [-0.39, 0.29) is 5.25 Å². The Labute approximate surface area is 94.2 Å². The Morgan fingerprint density at radius 1 is 1.53 bits per heavy atom. The summed E-state index contributed by atoms with van der Waals surface area (Å²) in [6.45, 7) is 5.54. The van der Waals surface area contributed by atoms with Crippen molar-refractivity contribution in [2.45, 2.75) is 37.2 Å². The summed E-state index contributed by atoms with van der Waals surface area (Å²) in [6, 6.07) is 3.96. The predicted molar refractivity (Wildman–Crippen MR) is 60.7 cm³/mol. The summed E-state index contributed by atoms with van der Waals surface area (Å²) < 4.78 is 0. The SMILES string of the molecule is Cc1ccnc(SC(C)C(C)O)c1C#N. The molecule has 80 valence electrons. The lowest BCUT2D eigenvalue weighted by molar-refractivity contribution is 0.196. The van der Waals surface area contributed by atoms with Crippen molar-refractivity contribution in [3.05, 3.63) is 23.4 Å². The maximum atomic E-state index is 9.38. The van der Waals surface area contributed by atoms with Crippen molar-refractivity contribution in [1.82, 2.24) is 4.98 Å². The van der Waals surface area contributed by atoms with Gasteiger partial charge >= 0.3 is 0 Å². The van der Waals surface area contributed by atoms with Crippen LogP contribution in [0, 0.1) is 18.3 Å². The number of hydrogen-bond donors (Lipinski definition) is 1. The molecule has 0 aliphatic rings. The van der Waals surface area contributed by atoms with Crippen LogP contribution in [-0.4, -0.2) is 21.4 Å². The van der Waals surface area contributed by atoms with Gasteiger partial charge in [0, 0.05) is 11.4 Å². The minimum Gasteiger partial charge on any atom is -0.392 e. The second kappa shape index (κ2) is 5.15. The van der Waals surface area contributed by atoms with E-state index in [1.807, 2.05) is 19.9 Å². The van der Waals surface area contributed by atoms with Gasteiger partial charge < -0.3 is 5.11 Å². The molecule has 1 N–H and O–H groups in total. The van der Waals surface area contributed by atoms with Gasteiger partial charge in [-0.25, -0.2) is 4.98 Å². The number of nitriles is 1. The van der Waals surface area contributed by atoms with Crippen molar-refractivity contribution in [1.29, 1.82) is 5.26 Å². The Bertz CT molecular complexity index is 385. The highest BCUT2D eigenvalue weighted by Gasteiger charge is 2.14. The molecule has 1 rings (SSSR count). The lowest BCUT2D eigenvalue weighted by atomic mass is 10.2. The molecule has 0 saturated heterocycles. The first kappa shape index (κ1) is 12.0. The number of thioether (sulfide) groups is 1. The molecule has 1 aromatic heterocycles. The van der Waals surface area contributed by atoms with Gasteiger partial charge in [0.2, 0.25) is 0 Å². The molecule has 2 atom stereocenters. The third-order valence-corrected chi connectivity index (χ3v) is 3.51. The number of hydrogen-bond acceptors (Lipinski definition) is 4. The molecule has 0 amide bonds. The molecular weight excluding hydrogens is 208 g/mol. The van der Waals surface area contributed by atoms with E-state index < -0.39 is 6.10 Å². The molecule has 0 saturated carbocycles. The lowest BCUT2D eigenvalue weighted by Gasteiger charge is -2.14. The van der Waals surface area contributed by atoms with Crippen LogP contribution in [-0.2, 0) is 0 Å². The molecule has 1 aromatic rings. The van der Waals surface area contributed by atoms with Gasteiger partial charge in [0.1, 0.15) is 11.1 Å². The largest absolute Gasteiger partial charge is 0.392 e. The highest BCUT2D eigenvalue weighted by molar-refractivity contribution is 7.99. The molecule has 0 spiro atoms. The van der Waals surface area contributed by atoms with Crippen LogP contribution in [0.3, 0.4) is 0 Å². The summed E-state index contributed by atoms with van der Waals surface area (Å²) in [5.74, 6) is 0. The molecule has 0 aromatic carbocycles. The van der Waals surface area contributed by atoms with Gasteiger partial charge in [0.25, 0.3) is 0 Å². The molecule has 2 unspecified atom stereocenters. The van der Waals surface area contributed by atoms with E-state index in [1.54, 1.807) is 13.1 Å². The van der Waals surface area contributed by atoms with Gasteiger partial charge in [0.15, 0.2) is 0 Å². The maximum Gasteiger partial charge on any atom is 0.114 e. The standard InChI is InChI=1S/C11H14N2OS/c1-7-4-5-13-11(10(7)6-12)15-9(3)8(2)14/h4-5,8-9,14H,1-3H3. The van der Waals surface area contributed by atoms with Crippen molar-refractivity contribution in [2.24, 2.45) is 0 Å². The molecule has 0 aliphatic heterocycles. The summed E-state index contributed by atoms with van der Waals surface area (Å²) >= 11 is 1.43. The average molecular weight is 222 g/mol. The zero-order chi connectivity index (χ0) is 11.4. The van der Waals surface area contributed by atoms with E-state index >= 15 is 0 Å². The number of nitrogens with zero attached hydrogens (tertiary/aromatic N) is 2. The molecule has 4 heteroatoms. The fourth-order valence-corrected chi connectivity index (χ4v) is 2.03. The molecule has 0 aliphatic carbocycles. The van der Waals surface area contributed by atoms with E-state index in [0.717, 1.165) is 5.56 Å². The van der Waals surface area contributed by atoms with Crippen molar-refractivity contribution < 1.29 is 5.11 Å². The van der Waals surface area contributed by atoms with Crippen molar-refractivity contribution in [3.8, 4) is 6.07 Å². The number of aromatic nitrogens is 1. The van der Waals surface area contributed by atoms with Crippen LogP contribution in [0.2, 0.25) is 0 Å². The van der Waals surface area contributed by atoms with Crippen LogP contribution in [0.5, 0.6) is 0 Å². The smallest absolute Gasteiger partial charge is 0.114 e. The predicted octanol–water partition coefficient (Wildman–Crippen LogP) is 2.12. The zero-order valence-corrected chi connectivity index (χ0v) is 9.88. The molecular formula is C11H14N2OS. The first-order valence-corrected chi connectivity index (χ1v) is 5.64. The first-order valence-electron chi connectivity index (χ1n) is 4.76. The van der Waals surface area contributed by atoms with Crippen LogP contribution in [0.1, 0.15) is 25.0 Å². The van der Waals surface area contributed by atoms with Crippen LogP contribution >= 0.6 is 11.8 Å². The first-order chi connectivity index (χ1) is 7.06. The van der Waals surface area contributed by atoms with E-state index in [1.165, 1.54) is 11.8 Å². The Morgan fingerprint density at radius 3 is 2.73 bits per heavy atom. The van der Waals surface area contributed by atoms with Crippen LogP contribution < -0.4 is 0 Å². The molecule has 0 radical (unpaired) electrons. The lowest BCUT2D eigenvalue weighted by Crippen LogP contribution is -2.15. The average Bonchev–Trinajstić information content (AvgIpc) is 2.18. The number of aryl methyl sites for hydroxylation is 1. The van der Waals surface area contributed by atoms with Crippen molar-refractivity contribution >= 4 is 11.8 Å². The Morgan fingerprint density at radius 2 is 2.20 bits per heavy atom. The van der Waals surface area contributed by atoms with Gasteiger partial charge in [-0.1, -0.05) is 18.7 Å². The topological polar surface area (TPSA) is 56.9 Å². The van der Waals surface area contributed by atoms with Crippen LogP contribution in [0.25, 0.3) is 0 Å². The van der Waals surface area contributed by atoms with Gasteiger partial charge in [-0.3, -0.25) is 0 Å². The number of aliphatic hydroxyl groups is 1. The third-order valence-electron chi connectivity index (χ3n) is 2.21. The van der Waals surface area contributed by atoms with Crippen molar-refractivity contribution in [3.63, 3.8) is 0 Å². The van der Waals surface area contributed by atoms with Gasteiger partial charge in [0.05, 0.1) is 11.7 Å². The number of rotatable bonds is 3. The zero-order valence-electron chi connectivity index (χ0n) is 9.06. The van der Waals surface area contributed by atoms with E-state index in [0.29, 0.717) is 10.6 Å². The Kier molecular flexibility index (Phi) is 4.13. The van der Waals surface area contributed by atoms with Gasteiger partial charge in [-0.2, -0.15) is 5.26 Å². The number of aliphatic hydroxyl groups excluding tert-OH is 1. The van der Waals surface area contributed by atoms with E-state index in [9.17, 15) is 5.11 Å². The summed E-state index contributed by atoms with van der Waals surface area (Å²) in [5, 5.41) is 19.1. The minimum atomic E-state index is -0.413. The molecule has 15 heavy (non-hydrogen) atoms. The molecule has 0 bridgehead atoms. The second-order valence-corrected chi connectivity index (χ2v) is 4.85. The monoisotopic (exact) mass is 222 g/mol. The fraction of sp³-hybridized carbons (Fsp3) is 0.455. The maximum absolute atomic E-state index is 9.38. The van der Waals surface area contributed by atoms with Gasteiger partial charge in [-0.05, 0) is 25.5 Å². The summed E-state index contributed by atoms with van der Waals surface area (Å²) in [5.41, 5.74) is 1.53. The number of pyridine rings is 1. The normalized spacial score (nSPS) is 14.3. The van der Waals surface area contributed by atoms with Gasteiger partial charge in [-0.15, -0.1) is 0 Å². The van der Waals surface area contributed by atoms with Crippen molar-refractivity contribution in [2.75, 3.05) is 0 Å². The van der Waals surface area contributed by atoms with Crippen LogP contribution in [0.4, 0.5) is 0 Å². The Balaban J connectivity index is 2.96.